The van der Waals surface area contributed by atoms with Gasteiger partial charge in [-0.25, -0.2) is 4.79 Å². The van der Waals surface area contributed by atoms with Crippen LogP contribution in [0, 0.1) is 11.3 Å². The van der Waals surface area contributed by atoms with Gasteiger partial charge in [-0.2, -0.15) is 0 Å². The quantitative estimate of drug-likeness (QED) is 0.865. The molecule has 1 rings (SSSR count). The van der Waals surface area contributed by atoms with Crippen LogP contribution in [0.1, 0.15) is 53.9 Å². The molecular weight excluding hydrogens is 258 g/mol. The van der Waals surface area contributed by atoms with Crippen molar-refractivity contribution >= 4 is 12.1 Å². The molecule has 5 heteroatoms. The molecule has 0 aliphatic carbocycles. The maximum Gasteiger partial charge on any atom is 0.410 e. The Morgan fingerprint density at radius 2 is 1.65 bits per heavy atom. The van der Waals surface area contributed by atoms with Gasteiger partial charge in [-0.1, -0.05) is 0 Å². The molecule has 0 radical (unpaired) electrons. The summed E-state index contributed by atoms with van der Waals surface area (Å²) in [6.07, 6.45) is 2.07. The van der Waals surface area contributed by atoms with E-state index in [-0.39, 0.29) is 6.09 Å². The third-order valence-electron chi connectivity index (χ3n) is 3.64. The van der Waals surface area contributed by atoms with E-state index in [1.54, 1.807) is 18.7 Å². The highest BCUT2D eigenvalue weighted by Crippen LogP contribution is 2.32. The van der Waals surface area contributed by atoms with E-state index in [1.807, 2.05) is 20.8 Å². The highest BCUT2D eigenvalue weighted by molar-refractivity contribution is 5.73. The number of rotatable bonds is 3. The Labute approximate surface area is 121 Å². The van der Waals surface area contributed by atoms with Crippen molar-refractivity contribution in [3.05, 3.63) is 0 Å². The third kappa shape index (κ3) is 5.02. The average molecular weight is 285 g/mol. The Bertz CT molecular complexity index is 363. The predicted molar refractivity (Wildman–Crippen MR) is 76.6 cm³/mol. The zero-order chi connectivity index (χ0) is 15.6. The standard InChI is InChI=1S/C15H27NO4/c1-14(2,3)20-13(19)16-8-6-11(7-9-16)10-15(4,5)12(17)18/h11H,6-10H2,1-5H3,(H,17,18). The molecule has 0 bridgehead atoms. The molecule has 1 aliphatic heterocycles. The van der Waals surface area contributed by atoms with Crippen molar-refractivity contribution in [1.82, 2.24) is 4.90 Å². The number of hydrogen-bond acceptors (Lipinski definition) is 3. The van der Waals surface area contributed by atoms with Gasteiger partial charge in [-0.15, -0.1) is 0 Å². The summed E-state index contributed by atoms with van der Waals surface area (Å²) in [6, 6.07) is 0. The molecule has 1 aliphatic rings. The minimum atomic E-state index is -0.757. The molecule has 0 aromatic heterocycles. The number of likely N-dealkylation sites (tertiary alicyclic amines) is 1. The Kier molecular flexibility index (Phi) is 5.05. The van der Waals surface area contributed by atoms with Gasteiger partial charge in [-0.3, -0.25) is 4.79 Å². The lowest BCUT2D eigenvalue weighted by atomic mass is 9.79. The van der Waals surface area contributed by atoms with Crippen molar-refractivity contribution < 1.29 is 19.4 Å². The highest BCUT2D eigenvalue weighted by Gasteiger charge is 2.33. The van der Waals surface area contributed by atoms with Gasteiger partial charge in [0.15, 0.2) is 0 Å². The number of carboxylic acids is 1. The fourth-order valence-electron chi connectivity index (χ4n) is 2.46. The predicted octanol–water partition coefficient (Wildman–Crippen LogP) is 3.13. The molecule has 1 fully saturated rings. The van der Waals surface area contributed by atoms with Crippen molar-refractivity contribution in [2.45, 2.75) is 59.5 Å². The molecule has 0 saturated carbocycles. The number of amides is 1. The largest absolute Gasteiger partial charge is 0.481 e. The molecule has 0 aromatic carbocycles. The summed E-state index contributed by atoms with van der Waals surface area (Å²) >= 11 is 0. The van der Waals surface area contributed by atoms with Gasteiger partial charge in [-0.05, 0) is 59.8 Å². The van der Waals surface area contributed by atoms with Gasteiger partial charge in [0, 0.05) is 13.1 Å². The fraction of sp³-hybridized carbons (Fsp3) is 0.867. The molecular formula is C15H27NO4. The fourth-order valence-corrected chi connectivity index (χ4v) is 2.46. The van der Waals surface area contributed by atoms with E-state index < -0.39 is 17.0 Å². The number of carboxylic acid groups (broad SMARTS) is 1. The zero-order valence-electron chi connectivity index (χ0n) is 13.2. The summed E-state index contributed by atoms with van der Waals surface area (Å²) in [5.74, 6) is -0.396. The molecule has 20 heavy (non-hydrogen) atoms. The van der Waals surface area contributed by atoms with Crippen LogP contribution in [-0.4, -0.2) is 40.8 Å². The van der Waals surface area contributed by atoms with Crippen LogP contribution in [-0.2, 0) is 9.53 Å². The van der Waals surface area contributed by atoms with Crippen LogP contribution in [0.15, 0.2) is 0 Å². The SMILES string of the molecule is CC(C)(C)OC(=O)N1CCC(CC(C)(C)C(=O)O)CC1. The molecule has 1 saturated heterocycles. The molecule has 0 aromatic rings. The number of nitrogens with zero attached hydrogens (tertiary/aromatic N) is 1. The number of aliphatic carboxylic acids is 1. The van der Waals surface area contributed by atoms with Crippen LogP contribution in [0.3, 0.4) is 0 Å². The van der Waals surface area contributed by atoms with E-state index in [4.69, 9.17) is 9.84 Å². The minimum absolute atomic E-state index is 0.270. The second-order valence-electron chi connectivity index (χ2n) is 7.30. The number of ether oxygens (including phenoxy) is 1. The van der Waals surface area contributed by atoms with Gasteiger partial charge in [0.1, 0.15) is 5.60 Å². The lowest BCUT2D eigenvalue weighted by Crippen LogP contribution is -2.42. The van der Waals surface area contributed by atoms with Crippen LogP contribution in [0.25, 0.3) is 0 Å². The smallest absolute Gasteiger partial charge is 0.410 e. The summed E-state index contributed by atoms with van der Waals surface area (Å²) in [4.78, 5) is 24.8. The van der Waals surface area contributed by atoms with E-state index in [0.717, 1.165) is 12.8 Å². The van der Waals surface area contributed by atoms with Crippen molar-refractivity contribution in [2.75, 3.05) is 13.1 Å². The van der Waals surface area contributed by atoms with Crippen molar-refractivity contribution in [1.29, 1.82) is 0 Å². The van der Waals surface area contributed by atoms with Crippen LogP contribution in [0.2, 0.25) is 0 Å². The first-order valence-electron chi connectivity index (χ1n) is 7.22. The van der Waals surface area contributed by atoms with E-state index >= 15 is 0 Å². The maximum absolute atomic E-state index is 11.9. The van der Waals surface area contributed by atoms with Gasteiger partial charge in [0.2, 0.25) is 0 Å². The molecule has 0 unspecified atom stereocenters. The van der Waals surface area contributed by atoms with Crippen molar-refractivity contribution in [2.24, 2.45) is 11.3 Å². The maximum atomic E-state index is 11.9. The Hall–Kier alpha value is -1.26. The minimum Gasteiger partial charge on any atom is -0.481 e. The number of piperidine rings is 1. The van der Waals surface area contributed by atoms with Gasteiger partial charge < -0.3 is 14.7 Å². The number of hydrogen-bond donors (Lipinski definition) is 1. The van der Waals surface area contributed by atoms with Crippen LogP contribution < -0.4 is 0 Å². The van der Waals surface area contributed by atoms with Gasteiger partial charge in [0.25, 0.3) is 0 Å². The third-order valence-corrected chi connectivity index (χ3v) is 3.64. The second-order valence-corrected chi connectivity index (χ2v) is 7.30. The van der Waals surface area contributed by atoms with Crippen LogP contribution in [0.5, 0.6) is 0 Å². The van der Waals surface area contributed by atoms with E-state index in [2.05, 4.69) is 0 Å². The molecule has 1 N–H and O–H groups in total. The first-order chi connectivity index (χ1) is 9.01. The molecule has 116 valence electrons. The Balaban J connectivity index is 2.44. The first-order valence-corrected chi connectivity index (χ1v) is 7.22. The molecule has 0 spiro atoms. The number of carbonyl (C=O) groups excluding carboxylic acids is 1. The number of carbonyl (C=O) groups is 2. The summed E-state index contributed by atoms with van der Waals surface area (Å²) in [5.41, 5.74) is -1.17. The van der Waals surface area contributed by atoms with Crippen molar-refractivity contribution in [3.63, 3.8) is 0 Å². The topological polar surface area (TPSA) is 66.8 Å². The van der Waals surface area contributed by atoms with Crippen LogP contribution in [0.4, 0.5) is 4.79 Å². The average Bonchev–Trinajstić information content (AvgIpc) is 2.26. The zero-order valence-corrected chi connectivity index (χ0v) is 13.2. The summed E-state index contributed by atoms with van der Waals surface area (Å²) in [7, 11) is 0. The Morgan fingerprint density at radius 3 is 2.05 bits per heavy atom. The highest BCUT2D eigenvalue weighted by atomic mass is 16.6. The van der Waals surface area contributed by atoms with Crippen molar-refractivity contribution in [3.8, 4) is 0 Å². The van der Waals surface area contributed by atoms with Crippen LogP contribution >= 0.6 is 0 Å². The van der Waals surface area contributed by atoms with Gasteiger partial charge >= 0.3 is 12.1 Å². The summed E-state index contributed by atoms with van der Waals surface area (Å²) in [6.45, 7) is 10.4. The summed E-state index contributed by atoms with van der Waals surface area (Å²) < 4.78 is 5.34. The summed E-state index contributed by atoms with van der Waals surface area (Å²) in [5, 5.41) is 9.16. The second kappa shape index (κ2) is 6.02. The van der Waals surface area contributed by atoms with Gasteiger partial charge in [0.05, 0.1) is 5.41 Å². The van der Waals surface area contributed by atoms with E-state index in [0.29, 0.717) is 25.4 Å². The lowest BCUT2D eigenvalue weighted by Gasteiger charge is -2.35. The first kappa shape index (κ1) is 16.8. The molecule has 1 amide bonds. The Morgan fingerprint density at radius 1 is 1.15 bits per heavy atom. The van der Waals surface area contributed by atoms with E-state index in [1.165, 1.54) is 0 Å². The lowest BCUT2D eigenvalue weighted by molar-refractivity contribution is -0.148. The normalized spacial score (nSPS) is 17.9. The molecule has 0 atom stereocenters. The molecule has 5 nitrogen and oxygen atoms in total. The van der Waals surface area contributed by atoms with E-state index in [9.17, 15) is 9.59 Å². The molecule has 1 heterocycles. The monoisotopic (exact) mass is 285 g/mol.